The van der Waals surface area contributed by atoms with Crippen LogP contribution in [-0.2, 0) is 10.0 Å². The number of hydrogen-bond donors (Lipinski definition) is 2. The van der Waals surface area contributed by atoms with Gasteiger partial charge in [0.05, 0.1) is 9.82 Å². The van der Waals surface area contributed by atoms with Crippen molar-refractivity contribution in [3.8, 4) is 0 Å². The van der Waals surface area contributed by atoms with Gasteiger partial charge in [-0.25, -0.2) is 13.1 Å². The molecular formula is C12H16ClN3O4S. The van der Waals surface area contributed by atoms with Gasteiger partial charge in [0.15, 0.2) is 0 Å². The highest BCUT2D eigenvalue weighted by atomic mass is 35.5. The second kappa shape index (κ2) is 5.53. The maximum absolute atomic E-state index is 12.3. The predicted molar refractivity (Wildman–Crippen MR) is 79.0 cm³/mol. The Morgan fingerprint density at radius 1 is 1.33 bits per heavy atom. The van der Waals surface area contributed by atoms with Crippen LogP contribution in [0, 0.1) is 28.9 Å². The van der Waals surface area contributed by atoms with Crippen LogP contribution in [0.15, 0.2) is 23.1 Å². The normalized spacial score (nSPS) is 26.8. The lowest BCUT2D eigenvalue weighted by Crippen LogP contribution is -2.32. The van der Waals surface area contributed by atoms with E-state index in [0.717, 1.165) is 13.1 Å². The molecule has 0 spiro atoms. The summed E-state index contributed by atoms with van der Waals surface area (Å²) in [5.74, 6) is 0.756. The summed E-state index contributed by atoms with van der Waals surface area (Å²) in [5, 5.41) is 13.9. The summed E-state index contributed by atoms with van der Waals surface area (Å²) in [6.45, 7) is 3.26. The molecule has 1 saturated carbocycles. The first-order chi connectivity index (χ1) is 9.40. The van der Waals surface area contributed by atoms with Gasteiger partial charge in [-0.15, -0.1) is 12.4 Å². The van der Waals surface area contributed by atoms with Crippen LogP contribution < -0.4 is 10.0 Å². The van der Waals surface area contributed by atoms with Crippen molar-refractivity contribution in [2.45, 2.75) is 17.9 Å². The molecule has 1 heterocycles. The van der Waals surface area contributed by atoms with E-state index in [4.69, 9.17) is 0 Å². The Labute approximate surface area is 128 Å². The van der Waals surface area contributed by atoms with Crippen LogP contribution in [0.25, 0.3) is 0 Å². The number of piperidine rings is 1. The third-order valence-electron chi connectivity index (χ3n) is 4.04. The fourth-order valence-electron chi connectivity index (χ4n) is 2.88. The summed E-state index contributed by atoms with van der Waals surface area (Å²) < 4.78 is 27.3. The molecule has 2 aliphatic rings. The molecule has 2 unspecified atom stereocenters. The molecule has 0 aromatic heterocycles. The lowest BCUT2D eigenvalue weighted by atomic mass is 10.2. The zero-order chi connectivity index (χ0) is 14.5. The first kappa shape index (κ1) is 16.2. The van der Waals surface area contributed by atoms with E-state index in [9.17, 15) is 18.5 Å². The van der Waals surface area contributed by atoms with E-state index in [1.165, 1.54) is 18.2 Å². The van der Waals surface area contributed by atoms with Crippen molar-refractivity contribution in [3.05, 3.63) is 33.9 Å². The number of benzene rings is 1. The Balaban J connectivity index is 0.00000161. The van der Waals surface area contributed by atoms with E-state index < -0.39 is 14.9 Å². The Hall–Kier alpha value is -1.22. The highest BCUT2D eigenvalue weighted by molar-refractivity contribution is 7.89. The number of non-ortho nitro benzene ring substituents is 1. The molecule has 0 radical (unpaired) electrons. The van der Waals surface area contributed by atoms with Crippen molar-refractivity contribution >= 4 is 28.1 Å². The highest BCUT2D eigenvalue weighted by Crippen LogP contribution is 2.42. The van der Waals surface area contributed by atoms with Crippen LogP contribution in [-0.4, -0.2) is 32.5 Å². The number of nitrogens with zero attached hydrogens (tertiary/aromatic N) is 1. The quantitative estimate of drug-likeness (QED) is 0.627. The first-order valence-corrected chi connectivity index (χ1v) is 7.86. The molecule has 1 aliphatic carbocycles. The number of hydrogen-bond acceptors (Lipinski definition) is 5. The molecule has 0 bridgehead atoms. The Morgan fingerprint density at radius 3 is 2.48 bits per heavy atom. The summed E-state index contributed by atoms with van der Waals surface area (Å²) in [6.07, 6.45) is 0. The number of halogens is 1. The van der Waals surface area contributed by atoms with Gasteiger partial charge in [-0.05, 0) is 43.5 Å². The van der Waals surface area contributed by atoms with Crippen molar-refractivity contribution in [1.82, 2.24) is 10.0 Å². The molecule has 3 rings (SSSR count). The fraction of sp³-hybridized carbons (Fsp3) is 0.500. The Bertz CT molecular complexity index is 669. The monoisotopic (exact) mass is 333 g/mol. The second-order valence-electron chi connectivity index (χ2n) is 5.34. The van der Waals surface area contributed by atoms with Crippen LogP contribution in [0.2, 0.25) is 0 Å². The van der Waals surface area contributed by atoms with Gasteiger partial charge in [0.1, 0.15) is 0 Å². The van der Waals surface area contributed by atoms with Gasteiger partial charge in [0.25, 0.3) is 5.69 Å². The van der Waals surface area contributed by atoms with E-state index in [0.29, 0.717) is 17.4 Å². The molecule has 1 aromatic carbocycles. The molecule has 2 N–H and O–H groups in total. The first-order valence-electron chi connectivity index (χ1n) is 6.38. The number of nitrogens with one attached hydrogen (secondary N) is 2. The molecule has 1 aromatic rings. The summed E-state index contributed by atoms with van der Waals surface area (Å²) in [4.78, 5) is 10.2. The van der Waals surface area contributed by atoms with Gasteiger partial charge >= 0.3 is 0 Å². The zero-order valence-corrected chi connectivity index (χ0v) is 12.9. The standard InChI is InChI=1S/C12H15N3O4S.ClH/c1-7-4-8(15(16)17)2-3-11(7)20(18,19)14-12-9-5-13-6-10(9)12;/h2-4,9-10,12-14H,5-6H2,1H3;1H. The topological polar surface area (TPSA) is 101 Å². The van der Waals surface area contributed by atoms with Crippen LogP contribution >= 0.6 is 12.4 Å². The zero-order valence-electron chi connectivity index (χ0n) is 11.3. The molecule has 9 heteroatoms. The summed E-state index contributed by atoms with van der Waals surface area (Å²) >= 11 is 0. The van der Waals surface area contributed by atoms with Crippen molar-refractivity contribution in [2.75, 3.05) is 13.1 Å². The van der Waals surface area contributed by atoms with Gasteiger partial charge in [-0.2, -0.15) is 0 Å². The Kier molecular flexibility index (Phi) is 4.25. The lowest BCUT2D eigenvalue weighted by molar-refractivity contribution is -0.385. The molecule has 2 fully saturated rings. The molecule has 21 heavy (non-hydrogen) atoms. The molecule has 1 aliphatic heterocycles. The third kappa shape index (κ3) is 2.89. The number of rotatable bonds is 4. The highest BCUT2D eigenvalue weighted by Gasteiger charge is 2.54. The fourth-order valence-corrected chi connectivity index (χ4v) is 4.45. The van der Waals surface area contributed by atoms with E-state index in [1.807, 2.05) is 0 Å². The van der Waals surface area contributed by atoms with Gasteiger partial charge in [0.2, 0.25) is 10.0 Å². The van der Waals surface area contributed by atoms with Crippen LogP contribution in [0.4, 0.5) is 5.69 Å². The molecule has 0 amide bonds. The minimum Gasteiger partial charge on any atom is -0.316 e. The van der Waals surface area contributed by atoms with Gasteiger partial charge in [-0.3, -0.25) is 10.1 Å². The summed E-state index contributed by atoms with van der Waals surface area (Å²) in [7, 11) is -3.61. The number of sulfonamides is 1. The molecule has 7 nitrogen and oxygen atoms in total. The van der Waals surface area contributed by atoms with Gasteiger partial charge in [0, 0.05) is 18.2 Å². The van der Waals surface area contributed by atoms with Gasteiger partial charge < -0.3 is 5.32 Å². The molecule has 2 atom stereocenters. The maximum atomic E-state index is 12.3. The molecule has 116 valence electrons. The van der Waals surface area contributed by atoms with E-state index in [-0.39, 0.29) is 29.0 Å². The third-order valence-corrected chi connectivity index (χ3v) is 5.66. The minimum atomic E-state index is -3.61. The van der Waals surface area contributed by atoms with Crippen molar-refractivity contribution < 1.29 is 13.3 Å². The van der Waals surface area contributed by atoms with Crippen LogP contribution in [0.5, 0.6) is 0 Å². The average Bonchev–Trinajstić information content (AvgIpc) is 2.82. The Morgan fingerprint density at radius 2 is 1.95 bits per heavy atom. The number of aryl methyl sites for hydroxylation is 1. The second-order valence-corrected chi connectivity index (χ2v) is 7.02. The van der Waals surface area contributed by atoms with Crippen LogP contribution in [0.3, 0.4) is 0 Å². The largest absolute Gasteiger partial charge is 0.316 e. The van der Waals surface area contributed by atoms with E-state index in [2.05, 4.69) is 10.0 Å². The van der Waals surface area contributed by atoms with Crippen LogP contribution in [0.1, 0.15) is 5.56 Å². The predicted octanol–water partition coefficient (Wildman–Crippen LogP) is 0.821. The van der Waals surface area contributed by atoms with Crippen molar-refractivity contribution in [1.29, 1.82) is 0 Å². The SMILES string of the molecule is Cc1cc([N+](=O)[O-])ccc1S(=O)(=O)NC1C2CNCC21.Cl. The minimum absolute atomic E-state index is 0. The van der Waals surface area contributed by atoms with Gasteiger partial charge in [-0.1, -0.05) is 0 Å². The average molecular weight is 334 g/mol. The number of fused-ring (bicyclic) bond motifs is 1. The van der Waals surface area contributed by atoms with E-state index >= 15 is 0 Å². The summed E-state index contributed by atoms with van der Waals surface area (Å²) in [5.41, 5.74) is 0.282. The van der Waals surface area contributed by atoms with Crippen molar-refractivity contribution in [3.63, 3.8) is 0 Å². The molecule has 1 saturated heterocycles. The number of nitro groups is 1. The summed E-state index contributed by atoms with van der Waals surface area (Å²) in [6, 6.07) is 3.79. The smallest absolute Gasteiger partial charge is 0.269 e. The maximum Gasteiger partial charge on any atom is 0.269 e. The molecular weight excluding hydrogens is 318 g/mol. The lowest BCUT2D eigenvalue weighted by Gasteiger charge is -2.10. The number of nitro benzene ring substituents is 1. The van der Waals surface area contributed by atoms with Crippen molar-refractivity contribution in [2.24, 2.45) is 11.8 Å². The van der Waals surface area contributed by atoms with E-state index in [1.54, 1.807) is 6.92 Å².